The van der Waals surface area contributed by atoms with Crippen molar-refractivity contribution in [2.45, 2.75) is 32.7 Å². The zero-order valence-corrected chi connectivity index (χ0v) is 19.9. The SMILES string of the molecule is CN(C)CC#Cc1cc(CNc2ncccc2NC(=O)c2ccc(C(C)(C)C)cc2)ccn1. The fraction of sp³-hybridized carbons (Fsp3) is 0.296. The van der Waals surface area contributed by atoms with Crippen LogP contribution in [0.1, 0.15) is 48.0 Å². The van der Waals surface area contributed by atoms with E-state index in [1.165, 1.54) is 5.56 Å². The van der Waals surface area contributed by atoms with Crippen LogP contribution in [0.5, 0.6) is 0 Å². The molecule has 0 saturated heterocycles. The molecule has 33 heavy (non-hydrogen) atoms. The van der Waals surface area contributed by atoms with Crippen molar-refractivity contribution in [3.8, 4) is 11.8 Å². The first-order chi connectivity index (χ1) is 15.7. The standard InChI is InChI=1S/C27H31N5O/c1-27(2,3)22-12-10-21(11-13-22)26(33)31-24-9-6-15-29-25(24)30-19-20-14-16-28-23(18-20)8-7-17-32(4)5/h6,9-16,18H,17,19H2,1-5H3,(H,29,30)(H,31,33). The smallest absolute Gasteiger partial charge is 0.255 e. The normalized spacial score (nSPS) is 11.0. The molecule has 0 aliphatic heterocycles. The lowest BCUT2D eigenvalue weighted by atomic mass is 9.87. The third kappa shape index (κ3) is 7.16. The molecule has 0 bridgehead atoms. The van der Waals surface area contributed by atoms with E-state index in [1.54, 1.807) is 18.5 Å². The Morgan fingerprint density at radius 3 is 2.48 bits per heavy atom. The van der Waals surface area contributed by atoms with Gasteiger partial charge in [-0.15, -0.1) is 0 Å². The predicted octanol–water partition coefficient (Wildman–Crippen LogP) is 4.55. The topological polar surface area (TPSA) is 70.2 Å². The zero-order chi connectivity index (χ0) is 23.8. The van der Waals surface area contributed by atoms with Crippen LogP contribution in [0.15, 0.2) is 60.9 Å². The number of amides is 1. The minimum atomic E-state index is -0.172. The average Bonchev–Trinajstić information content (AvgIpc) is 2.78. The summed E-state index contributed by atoms with van der Waals surface area (Å²) in [4.78, 5) is 23.5. The van der Waals surface area contributed by atoms with Gasteiger partial charge in [-0.05, 0) is 73.0 Å². The van der Waals surface area contributed by atoms with Crippen LogP contribution in [-0.2, 0) is 12.0 Å². The highest BCUT2D eigenvalue weighted by Crippen LogP contribution is 2.23. The van der Waals surface area contributed by atoms with Gasteiger partial charge in [0.2, 0.25) is 0 Å². The molecule has 2 aromatic heterocycles. The van der Waals surface area contributed by atoms with Crippen molar-refractivity contribution in [2.75, 3.05) is 31.3 Å². The highest BCUT2D eigenvalue weighted by atomic mass is 16.1. The Hall–Kier alpha value is -3.69. The maximum atomic E-state index is 12.8. The van der Waals surface area contributed by atoms with Crippen molar-refractivity contribution >= 4 is 17.4 Å². The first kappa shape index (κ1) is 24.0. The summed E-state index contributed by atoms with van der Waals surface area (Å²) >= 11 is 0. The van der Waals surface area contributed by atoms with Gasteiger partial charge in [0, 0.05) is 24.5 Å². The minimum Gasteiger partial charge on any atom is -0.364 e. The van der Waals surface area contributed by atoms with Crippen LogP contribution in [0.25, 0.3) is 0 Å². The van der Waals surface area contributed by atoms with E-state index in [-0.39, 0.29) is 11.3 Å². The Balaban J connectivity index is 1.67. The van der Waals surface area contributed by atoms with E-state index in [1.807, 2.05) is 61.5 Å². The zero-order valence-electron chi connectivity index (χ0n) is 19.9. The molecule has 0 spiro atoms. The van der Waals surface area contributed by atoms with Gasteiger partial charge in [-0.1, -0.05) is 38.8 Å². The van der Waals surface area contributed by atoms with Crippen molar-refractivity contribution in [3.05, 3.63) is 83.3 Å². The van der Waals surface area contributed by atoms with Gasteiger partial charge in [-0.2, -0.15) is 0 Å². The second-order valence-electron chi connectivity index (χ2n) is 9.12. The fourth-order valence-corrected chi connectivity index (χ4v) is 3.09. The summed E-state index contributed by atoms with van der Waals surface area (Å²) in [6.45, 7) is 7.67. The number of nitrogens with zero attached hydrogens (tertiary/aromatic N) is 3. The van der Waals surface area contributed by atoms with Crippen molar-refractivity contribution in [1.29, 1.82) is 0 Å². The first-order valence-electron chi connectivity index (χ1n) is 10.9. The molecule has 0 aliphatic carbocycles. The summed E-state index contributed by atoms with van der Waals surface area (Å²) in [6, 6.07) is 15.2. The van der Waals surface area contributed by atoms with Crippen molar-refractivity contribution in [3.63, 3.8) is 0 Å². The quantitative estimate of drug-likeness (QED) is 0.549. The third-order valence-electron chi connectivity index (χ3n) is 4.97. The van der Waals surface area contributed by atoms with Crippen molar-refractivity contribution < 1.29 is 4.79 Å². The minimum absolute atomic E-state index is 0.0419. The largest absolute Gasteiger partial charge is 0.364 e. The Morgan fingerprint density at radius 1 is 1.03 bits per heavy atom. The van der Waals surface area contributed by atoms with Gasteiger partial charge in [0.05, 0.1) is 12.2 Å². The Morgan fingerprint density at radius 2 is 1.79 bits per heavy atom. The number of rotatable bonds is 6. The van der Waals surface area contributed by atoms with E-state index < -0.39 is 0 Å². The van der Waals surface area contributed by atoms with Gasteiger partial charge in [0.15, 0.2) is 0 Å². The molecule has 0 radical (unpaired) electrons. The number of anilines is 2. The van der Waals surface area contributed by atoms with Crippen LogP contribution in [0.3, 0.4) is 0 Å². The molecule has 0 fully saturated rings. The maximum Gasteiger partial charge on any atom is 0.255 e. The maximum absolute atomic E-state index is 12.8. The number of nitrogens with one attached hydrogen (secondary N) is 2. The molecule has 6 heteroatoms. The summed E-state index contributed by atoms with van der Waals surface area (Å²) in [7, 11) is 3.96. The molecule has 3 aromatic rings. The van der Waals surface area contributed by atoms with Crippen LogP contribution in [0.2, 0.25) is 0 Å². The Bertz CT molecular complexity index is 1150. The van der Waals surface area contributed by atoms with Crippen molar-refractivity contribution in [1.82, 2.24) is 14.9 Å². The summed E-state index contributed by atoms with van der Waals surface area (Å²) in [6.07, 6.45) is 3.44. The van der Waals surface area contributed by atoms with E-state index in [2.05, 4.69) is 53.2 Å². The lowest BCUT2D eigenvalue weighted by Crippen LogP contribution is -2.15. The van der Waals surface area contributed by atoms with Crippen molar-refractivity contribution in [2.24, 2.45) is 0 Å². The average molecular weight is 442 g/mol. The molecule has 0 atom stereocenters. The molecule has 0 saturated carbocycles. The van der Waals surface area contributed by atoms with Crippen LogP contribution in [0, 0.1) is 11.8 Å². The summed E-state index contributed by atoms with van der Waals surface area (Å²) < 4.78 is 0. The first-order valence-corrected chi connectivity index (χ1v) is 10.9. The van der Waals surface area contributed by atoms with Crippen LogP contribution >= 0.6 is 0 Å². The van der Waals surface area contributed by atoms with E-state index >= 15 is 0 Å². The second kappa shape index (κ2) is 10.8. The highest BCUT2D eigenvalue weighted by Gasteiger charge is 2.15. The van der Waals surface area contributed by atoms with Gasteiger partial charge in [-0.3, -0.25) is 9.69 Å². The predicted molar refractivity (Wildman–Crippen MR) is 134 cm³/mol. The van der Waals surface area contributed by atoms with Gasteiger partial charge in [0.25, 0.3) is 5.91 Å². The third-order valence-corrected chi connectivity index (χ3v) is 4.97. The van der Waals surface area contributed by atoms with E-state index in [0.29, 0.717) is 30.2 Å². The van der Waals surface area contributed by atoms with Crippen LogP contribution in [-0.4, -0.2) is 41.4 Å². The number of carbonyl (C=O) groups is 1. The van der Waals surface area contributed by atoms with Gasteiger partial charge in [0.1, 0.15) is 11.5 Å². The summed E-state index contributed by atoms with van der Waals surface area (Å²) in [5.74, 6) is 6.61. The molecule has 2 N–H and O–H groups in total. The Kier molecular flexibility index (Phi) is 7.81. The Labute approximate surface area is 196 Å². The molecule has 2 heterocycles. The van der Waals surface area contributed by atoms with Gasteiger partial charge in [-0.25, -0.2) is 9.97 Å². The number of pyridine rings is 2. The van der Waals surface area contributed by atoms with E-state index in [0.717, 1.165) is 11.3 Å². The highest BCUT2D eigenvalue weighted by molar-refractivity contribution is 6.05. The molecule has 1 amide bonds. The van der Waals surface area contributed by atoms with E-state index in [4.69, 9.17) is 0 Å². The molecule has 0 aliphatic rings. The molecule has 0 unspecified atom stereocenters. The lowest BCUT2D eigenvalue weighted by molar-refractivity contribution is 0.102. The van der Waals surface area contributed by atoms with Gasteiger partial charge < -0.3 is 10.6 Å². The molecule has 170 valence electrons. The number of aromatic nitrogens is 2. The fourth-order valence-electron chi connectivity index (χ4n) is 3.09. The molecular formula is C27H31N5O. The molecule has 1 aromatic carbocycles. The second-order valence-corrected chi connectivity index (χ2v) is 9.12. The van der Waals surface area contributed by atoms with E-state index in [9.17, 15) is 4.79 Å². The summed E-state index contributed by atoms with van der Waals surface area (Å²) in [5, 5.41) is 6.27. The summed E-state index contributed by atoms with van der Waals surface area (Å²) in [5.41, 5.74) is 4.21. The number of carbonyl (C=O) groups excluding carboxylic acids is 1. The number of benzene rings is 1. The number of hydrogen-bond acceptors (Lipinski definition) is 5. The molecular weight excluding hydrogens is 410 g/mol. The number of hydrogen-bond donors (Lipinski definition) is 2. The monoisotopic (exact) mass is 441 g/mol. The molecule has 6 nitrogen and oxygen atoms in total. The van der Waals surface area contributed by atoms with Gasteiger partial charge >= 0.3 is 0 Å². The molecule has 3 rings (SSSR count). The van der Waals surface area contributed by atoms with Crippen LogP contribution < -0.4 is 10.6 Å². The van der Waals surface area contributed by atoms with Crippen LogP contribution in [0.4, 0.5) is 11.5 Å². The lowest BCUT2D eigenvalue weighted by Gasteiger charge is -2.19.